The largest absolute Gasteiger partial charge is 0.399 e. The van der Waals surface area contributed by atoms with Crippen LogP contribution in [0.3, 0.4) is 0 Å². The first-order valence-electron chi connectivity index (χ1n) is 10.7. The molecule has 0 saturated carbocycles. The summed E-state index contributed by atoms with van der Waals surface area (Å²) in [5, 5.41) is 2.45. The first-order chi connectivity index (χ1) is 15.7. The van der Waals surface area contributed by atoms with E-state index in [-0.39, 0.29) is 0 Å². The Hall–Kier alpha value is -4.24. The zero-order chi connectivity index (χ0) is 21.9. The minimum absolute atomic E-state index is 0.761. The molecule has 5 aromatic carbocycles. The third-order valence-corrected chi connectivity index (χ3v) is 5.77. The highest BCUT2D eigenvalue weighted by Crippen LogP contribution is 2.39. The van der Waals surface area contributed by atoms with Crippen LogP contribution in [-0.4, -0.2) is 7.05 Å². The van der Waals surface area contributed by atoms with Gasteiger partial charge in [0.05, 0.1) is 5.69 Å². The highest BCUT2D eigenvalue weighted by atomic mass is 15.1. The minimum atomic E-state index is 0.761. The monoisotopic (exact) mass is 415 g/mol. The van der Waals surface area contributed by atoms with Gasteiger partial charge in [-0.25, -0.2) is 0 Å². The van der Waals surface area contributed by atoms with E-state index in [0.29, 0.717) is 0 Å². The number of nitrogen functional groups attached to an aromatic ring is 1. The van der Waals surface area contributed by atoms with Crippen molar-refractivity contribution >= 4 is 44.9 Å². The van der Waals surface area contributed by atoms with Crippen molar-refractivity contribution in [2.75, 3.05) is 22.6 Å². The average molecular weight is 416 g/mol. The number of anilines is 6. The SMILES string of the molecule is CN(c1ccc(N(c2ccccc2)c2cccc3ccccc23)cc1)c1cccc(N)c1. The molecular weight excluding hydrogens is 390 g/mol. The van der Waals surface area contributed by atoms with Crippen molar-refractivity contribution in [2.24, 2.45) is 0 Å². The molecule has 5 rings (SSSR count). The molecule has 0 atom stereocenters. The molecule has 0 amide bonds. The van der Waals surface area contributed by atoms with Gasteiger partial charge in [0, 0.05) is 40.9 Å². The van der Waals surface area contributed by atoms with Crippen LogP contribution in [0.4, 0.5) is 34.1 Å². The Morgan fingerprint density at radius 2 is 1.12 bits per heavy atom. The highest BCUT2D eigenvalue weighted by molar-refractivity contribution is 5.98. The van der Waals surface area contributed by atoms with Gasteiger partial charge in [0.15, 0.2) is 0 Å². The van der Waals surface area contributed by atoms with Gasteiger partial charge in [-0.05, 0) is 66.0 Å². The van der Waals surface area contributed by atoms with E-state index in [1.54, 1.807) is 0 Å². The van der Waals surface area contributed by atoms with Crippen molar-refractivity contribution in [2.45, 2.75) is 0 Å². The maximum Gasteiger partial charge on any atom is 0.0540 e. The Balaban J connectivity index is 1.58. The predicted molar refractivity (Wildman–Crippen MR) is 138 cm³/mol. The third-order valence-electron chi connectivity index (χ3n) is 5.77. The van der Waals surface area contributed by atoms with Gasteiger partial charge in [-0.3, -0.25) is 0 Å². The summed E-state index contributed by atoms with van der Waals surface area (Å²) in [7, 11) is 2.06. The molecule has 0 bridgehead atoms. The second-order valence-corrected chi connectivity index (χ2v) is 7.84. The van der Waals surface area contributed by atoms with Crippen molar-refractivity contribution in [1.29, 1.82) is 0 Å². The number of benzene rings is 5. The molecule has 2 N–H and O–H groups in total. The number of para-hydroxylation sites is 1. The normalized spacial score (nSPS) is 10.8. The molecule has 0 unspecified atom stereocenters. The number of fused-ring (bicyclic) bond motifs is 1. The standard InChI is InChI=1S/C29H25N3/c1-31(27-14-8-11-23(30)21-27)24-17-19-26(20-18-24)32(25-12-3-2-4-13-25)29-16-7-10-22-9-5-6-15-28(22)29/h2-21H,30H2,1H3. The summed E-state index contributed by atoms with van der Waals surface area (Å²) in [5.41, 5.74) is 12.3. The second-order valence-electron chi connectivity index (χ2n) is 7.84. The summed E-state index contributed by atoms with van der Waals surface area (Å²) in [6.07, 6.45) is 0. The molecule has 0 fully saturated rings. The van der Waals surface area contributed by atoms with Crippen LogP contribution in [0.5, 0.6) is 0 Å². The molecule has 156 valence electrons. The molecule has 32 heavy (non-hydrogen) atoms. The molecule has 0 heterocycles. The van der Waals surface area contributed by atoms with E-state index in [4.69, 9.17) is 5.73 Å². The first-order valence-corrected chi connectivity index (χ1v) is 10.7. The first kappa shape index (κ1) is 19.7. The molecular formula is C29H25N3. The highest BCUT2D eigenvalue weighted by Gasteiger charge is 2.15. The quantitative estimate of drug-likeness (QED) is 0.299. The fourth-order valence-electron chi connectivity index (χ4n) is 4.12. The molecule has 0 saturated heterocycles. The van der Waals surface area contributed by atoms with Crippen LogP contribution in [0.15, 0.2) is 121 Å². The molecule has 0 spiro atoms. The van der Waals surface area contributed by atoms with Crippen LogP contribution in [-0.2, 0) is 0 Å². The van der Waals surface area contributed by atoms with E-state index >= 15 is 0 Å². The maximum absolute atomic E-state index is 5.98. The van der Waals surface area contributed by atoms with Crippen LogP contribution >= 0.6 is 0 Å². The van der Waals surface area contributed by atoms with Gasteiger partial charge in [0.2, 0.25) is 0 Å². The smallest absolute Gasteiger partial charge is 0.0540 e. The Morgan fingerprint density at radius 3 is 1.91 bits per heavy atom. The Kier molecular flexibility index (Phi) is 5.22. The van der Waals surface area contributed by atoms with E-state index < -0.39 is 0 Å². The van der Waals surface area contributed by atoms with Gasteiger partial charge in [0.25, 0.3) is 0 Å². The van der Waals surface area contributed by atoms with Gasteiger partial charge in [-0.1, -0.05) is 60.7 Å². The molecule has 0 aliphatic rings. The summed E-state index contributed by atoms with van der Waals surface area (Å²) in [5.74, 6) is 0. The van der Waals surface area contributed by atoms with Gasteiger partial charge >= 0.3 is 0 Å². The van der Waals surface area contributed by atoms with E-state index in [2.05, 4.69) is 120 Å². The molecule has 0 aliphatic carbocycles. The Bertz CT molecular complexity index is 1340. The van der Waals surface area contributed by atoms with Crippen molar-refractivity contribution < 1.29 is 0 Å². The number of rotatable bonds is 5. The van der Waals surface area contributed by atoms with E-state index in [1.807, 2.05) is 18.2 Å². The average Bonchev–Trinajstić information content (AvgIpc) is 2.85. The topological polar surface area (TPSA) is 32.5 Å². The maximum atomic E-state index is 5.98. The molecule has 5 aromatic rings. The lowest BCUT2D eigenvalue weighted by atomic mass is 10.1. The third kappa shape index (κ3) is 3.77. The van der Waals surface area contributed by atoms with Crippen molar-refractivity contribution in [1.82, 2.24) is 0 Å². The number of hydrogen-bond donors (Lipinski definition) is 1. The lowest BCUT2D eigenvalue weighted by molar-refractivity contribution is 1.20. The van der Waals surface area contributed by atoms with Crippen LogP contribution in [0.25, 0.3) is 10.8 Å². The molecule has 3 nitrogen and oxygen atoms in total. The van der Waals surface area contributed by atoms with Crippen LogP contribution < -0.4 is 15.5 Å². The van der Waals surface area contributed by atoms with Crippen molar-refractivity contribution in [3.8, 4) is 0 Å². The lowest BCUT2D eigenvalue weighted by Gasteiger charge is -2.27. The minimum Gasteiger partial charge on any atom is -0.399 e. The van der Waals surface area contributed by atoms with Gasteiger partial charge in [-0.15, -0.1) is 0 Å². The van der Waals surface area contributed by atoms with E-state index in [1.165, 1.54) is 10.8 Å². The summed E-state index contributed by atoms with van der Waals surface area (Å²) in [6, 6.07) is 42.1. The zero-order valence-electron chi connectivity index (χ0n) is 18.0. The van der Waals surface area contributed by atoms with Gasteiger partial charge in [0.1, 0.15) is 0 Å². The number of nitrogens with two attached hydrogens (primary N) is 1. The Morgan fingerprint density at radius 1 is 0.531 bits per heavy atom. The second kappa shape index (κ2) is 8.48. The fourth-order valence-corrected chi connectivity index (χ4v) is 4.12. The van der Waals surface area contributed by atoms with E-state index in [9.17, 15) is 0 Å². The number of nitrogens with zero attached hydrogens (tertiary/aromatic N) is 2. The van der Waals surface area contributed by atoms with E-state index in [0.717, 1.165) is 34.1 Å². The molecule has 3 heteroatoms. The number of hydrogen-bond acceptors (Lipinski definition) is 3. The van der Waals surface area contributed by atoms with Crippen molar-refractivity contribution in [3.05, 3.63) is 121 Å². The molecule has 0 aromatic heterocycles. The van der Waals surface area contributed by atoms with Gasteiger partial charge < -0.3 is 15.5 Å². The fraction of sp³-hybridized carbons (Fsp3) is 0.0345. The van der Waals surface area contributed by atoms with Gasteiger partial charge in [-0.2, -0.15) is 0 Å². The predicted octanol–water partition coefficient (Wildman–Crippen LogP) is 7.66. The molecule has 0 aliphatic heterocycles. The zero-order valence-corrected chi connectivity index (χ0v) is 18.0. The summed E-state index contributed by atoms with van der Waals surface area (Å²) in [4.78, 5) is 4.46. The van der Waals surface area contributed by atoms with Crippen LogP contribution in [0, 0.1) is 0 Å². The molecule has 0 radical (unpaired) electrons. The lowest BCUT2D eigenvalue weighted by Crippen LogP contribution is -2.12. The Labute approximate surface area is 189 Å². The summed E-state index contributed by atoms with van der Waals surface area (Å²) in [6.45, 7) is 0. The van der Waals surface area contributed by atoms with Crippen molar-refractivity contribution in [3.63, 3.8) is 0 Å². The summed E-state index contributed by atoms with van der Waals surface area (Å²) >= 11 is 0. The van der Waals surface area contributed by atoms with Crippen LogP contribution in [0.1, 0.15) is 0 Å². The van der Waals surface area contributed by atoms with Crippen LogP contribution in [0.2, 0.25) is 0 Å². The summed E-state index contributed by atoms with van der Waals surface area (Å²) < 4.78 is 0.